The summed E-state index contributed by atoms with van der Waals surface area (Å²) in [5, 5.41) is 1.86. The van der Waals surface area contributed by atoms with E-state index in [1.807, 2.05) is 36.4 Å². The number of nitrogens with zero attached hydrogens (tertiary/aromatic N) is 1. The van der Waals surface area contributed by atoms with E-state index >= 15 is 0 Å². The number of hydrogen-bond donors (Lipinski definition) is 0. The molecule has 176 valence electrons. The summed E-state index contributed by atoms with van der Waals surface area (Å²) < 4.78 is 27.1. The van der Waals surface area contributed by atoms with Crippen molar-refractivity contribution >= 4 is 40.7 Å². The molecular weight excluding hydrogens is 499 g/mol. The van der Waals surface area contributed by atoms with Gasteiger partial charge in [-0.2, -0.15) is 0 Å². The minimum absolute atomic E-state index is 0.0496. The zero-order valence-corrected chi connectivity index (χ0v) is 20.4. The lowest BCUT2D eigenvalue weighted by Gasteiger charge is -2.40. The minimum Gasteiger partial charge on any atom is -0.338 e. The van der Waals surface area contributed by atoms with Crippen LogP contribution in [-0.2, 0) is 11.3 Å². The van der Waals surface area contributed by atoms with Crippen molar-refractivity contribution in [2.24, 2.45) is 11.8 Å². The highest BCUT2D eigenvalue weighted by Gasteiger charge is 2.50. The van der Waals surface area contributed by atoms with Crippen LogP contribution in [0.3, 0.4) is 0 Å². The summed E-state index contributed by atoms with van der Waals surface area (Å²) in [6.45, 7) is 0.792. The molecule has 7 heteroatoms. The summed E-state index contributed by atoms with van der Waals surface area (Å²) in [6.07, 6.45) is 1.55. The Kier molecular flexibility index (Phi) is 6.58. The minimum atomic E-state index is -0.905. The molecule has 1 saturated heterocycles. The third kappa shape index (κ3) is 4.44. The molecule has 0 radical (unpaired) electrons. The van der Waals surface area contributed by atoms with Gasteiger partial charge in [-0.3, -0.25) is 4.79 Å². The molecule has 2 fully saturated rings. The molecule has 0 spiro atoms. The zero-order chi connectivity index (χ0) is 24.0. The van der Waals surface area contributed by atoms with Crippen molar-refractivity contribution in [2.75, 3.05) is 6.54 Å². The van der Waals surface area contributed by atoms with Gasteiger partial charge < -0.3 is 4.90 Å². The molecule has 1 amide bonds. The Morgan fingerprint density at radius 1 is 0.824 bits per heavy atom. The number of carbonyl (C=O) groups is 1. The first kappa shape index (κ1) is 23.6. The van der Waals surface area contributed by atoms with Crippen LogP contribution in [0.5, 0.6) is 0 Å². The van der Waals surface area contributed by atoms with Gasteiger partial charge in [0.25, 0.3) is 0 Å². The molecule has 34 heavy (non-hydrogen) atoms. The second-order valence-corrected chi connectivity index (χ2v) is 10.4. The van der Waals surface area contributed by atoms with Gasteiger partial charge >= 0.3 is 0 Å². The van der Waals surface area contributed by atoms with E-state index in [0.717, 1.165) is 36.1 Å². The van der Waals surface area contributed by atoms with E-state index < -0.39 is 11.6 Å². The maximum Gasteiger partial charge on any atom is 0.226 e. The Balaban J connectivity index is 1.50. The Hall–Kier alpha value is -2.14. The van der Waals surface area contributed by atoms with Crippen LogP contribution in [0.1, 0.15) is 41.4 Å². The predicted octanol–water partition coefficient (Wildman–Crippen LogP) is 7.86. The molecule has 1 saturated carbocycles. The lowest BCUT2D eigenvalue weighted by atomic mass is 9.63. The molecule has 1 aliphatic carbocycles. The van der Waals surface area contributed by atoms with Crippen LogP contribution in [-0.4, -0.2) is 17.4 Å². The third-order valence-electron chi connectivity index (χ3n) is 7.23. The third-order valence-corrected chi connectivity index (χ3v) is 8.05. The van der Waals surface area contributed by atoms with Crippen molar-refractivity contribution in [1.82, 2.24) is 4.90 Å². The maximum atomic E-state index is 13.8. The standard InChI is InChI=1S/C27H22Cl3F2NO/c28-17-4-2-16(3-5-17)26-20(19-7-6-18(29)12-23(19)30)8-9-21-22(26)14-33(27(21)34)13-15-1-10-24(31)25(32)11-15/h1-7,10-12,20-22,26H,8-9,13-14H2/t20-,21+,22+,26+/m0/s1. The first-order valence-corrected chi connectivity index (χ1v) is 12.4. The highest BCUT2D eigenvalue weighted by molar-refractivity contribution is 6.35. The Morgan fingerprint density at radius 3 is 2.24 bits per heavy atom. The largest absolute Gasteiger partial charge is 0.338 e. The summed E-state index contributed by atoms with van der Waals surface area (Å²) in [6, 6.07) is 17.2. The SMILES string of the molecule is O=C1[C@@H]2CC[C@@H](c3ccc(Cl)cc3Cl)[C@@H](c3ccc(Cl)cc3)[C@@H]2CN1Cc1ccc(F)c(F)c1. The van der Waals surface area contributed by atoms with Crippen LogP contribution in [0.25, 0.3) is 0 Å². The van der Waals surface area contributed by atoms with E-state index in [1.54, 1.807) is 11.0 Å². The molecule has 0 aromatic heterocycles. The van der Waals surface area contributed by atoms with Gasteiger partial charge in [0.15, 0.2) is 11.6 Å². The van der Waals surface area contributed by atoms with Crippen LogP contribution < -0.4 is 0 Å². The van der Waals surface area contributed by atoms with E-state index in [2.05, 4.69) is 0 Å². The van der Waals surface area contributed by atoms with Gasteiger partial charge in [0.2, 0.25) is 5.91 Å². The first-order valence-electron chi connectivity index (χ1n) is 11.2. The van der Waals surface area contributed by atoms with E-state index in [-0.39, 0.29) is 36.1 Å². The fraction of sp³-hybridized carbons (Fsp3) is 0.296. The van der Waals surface area contributed by atoms with E-state index in [4.69, 9.17) is 34.8 Å². The van der Waals surface area contributed by atoms with E-state index in [9.17, 15) is 13.6 Å². The van der Waals surface area contributed by atoms with E-state index in [0.29, 0.717) is 27.2 Å². The Bertz CT molecular complexity index is 1230. The second kappa shape index (κ2) is 9.49. The normalized spacial score (nSPS) is 24.4. The summed E-state index contributed by atoms with van der Waals surface area (Å²) in [4.78, 5) is 15.1. The molecule has 5 rings (SSSR count). The summed E-state index contributed by atoms with van der Waals surface area (Å²) in [5.74, 6) is -1.64. The van der Waals surface area contributed by atoms with Gasteiger partial charge in [0.05, 0.1) is 0 Å². The molecule has 0 unspecified atom stereocenters. The second-order valence-electron chi connectivity index (χ2n) is 9.16. The molecular formula is C27H22Cl3F2NO. The first-order chi connectivity index (χ1) is 16.3. The van der Waals surface area contributed by atoms with Gasteiger partial charge in [-0.25, -0.2) is 8.78 Å². The highest BCUT2D eigenvalue weighted by Crippen LogP contribution is 2.54. The molecule has 0 N–H and O–H groups in total. The topological polar surface area (TPSA) is 20.3 Å². The van der Waals surface area contributed by atoms with Crippen molar-refractivity contribution in [3.63, 3.8) is 0 Å². The van der Waals surface area contributed by atoms with Gasteiger partial charge in [-0.1, -0.05) is 59.1 Å². The van der Waals surface area contributed by atoms with E-state index in [1.165, 1.54) is 6.07 Å². The average Bonchev–Trinajstić information content (AvgIpc) is 3.12. The van der Waals surface area contributed by atoms with Gasteiger partial charge in [-0.05, 0) is 83.7 Å². The number of halogens is 5. The van der Waals surface area contributed by atoms with Crippen molar-refractivity contribution < 1.29 is 13.6 Å². The van der Waals surface area contributed by atoms with Crippen molar-refractivity contribution in [2.45, 2.75) is 31.2 Å². The van der Waals surface area contributed by atoms with Gasteiger partial charge in [-0.15, -0.1) is 0 Å². The molecule has 3 aromatic carbocycles. The highest BCUT2D eigenvalue weighted by atomic mass is 35.5. The van der Waals surface area contributed by atoms with Gasteiger partial charge in [0, 0.05) is 34.1 Å². The fourth-order valence-corrected chi connectivity index (χ4v) is 6.42. The molecule has 2 nitrogen and oxygen atoms in total. The number of hydrogen-bond acceptors (Lipinski definition) is 1. The van der Waals surface area contributed by atoms with Crippen LogP contribution in [0.2, 0.25) is 15.1 Å². The van der Waals surface area contributed by atoms with Crippen molar-refractivity contribution in [3.8, 4) is 0 Å². The number of rotatable bonds is 4. The number of carbonyl (C=O) groups excluding carboxylic acids is 1. The number of fused-ring (bicyclic) bond motifs is 1. The lowest BCUT2D eigenvalue weighted by molar-refractivity contribution is -0.132. The van der Waals surface area contributed by atoms with Crippen LogP contribution in [0.15, 0.2) is 60.7 Å². The fourth-order valence-electron chi connectivity index (χ4n) is 5.74. The lowest BCUT2D eigenvalue weighted by Crippen LogP contribution is -2.32. The van der Waals surface area contributed by atoms with Crippen LogP contribution in [0.4, 0.5) is 8.78 Å². The van der Waals surface area contributed by atoms with Crippen LogP contribution >= 0.6 is 34.8 Å². The van der Waals surface area contributed by atoms with Crippen LogP contribution in [0, 0.1) is 23.5 Å². The Morgan fingerprint density at radius 2 is 1.53 bits per heavy atom. The van der Waals surface area contributed by atoms with Crippen molar-refractivity contribution in [3.05, 3.63) is 104 Å². The summed E-state index contributed by atoms with van der Waals surface area (Å²) >= 11 is 18.9. The molecule has 1 heterocycles. The number of amides is 1. The maximum absolute atomic E-state index is 13.8. The van der Waals surface area contributed by atoms with Gasteiger partial charge in [0.1, 0.15) is 0 Å². The number of benzene rings is 3. The summed E-state index contributed by atoms with van der Waals surface area (Å²) in [7, 11) is 0. The zero-order valence-electron chi connectivity index (χ0n) is 18.2. The average molecular weight is 521 g/mol. The smallest absolute Gasteiger partial charge is 0.226 e. The number of likely N-dealkylation sites (tertiary alicyclic amines) is 1. The van der Waals surface area contributed by atoms with Crippen molar-refractivity contribution in [1.29, 1.82) is 0 Å². The quantitative estimate of drug-likeness (QED) is 0.343. The molecule has 0 bridgehead atoms. The Labute approximate surface area is 212 Å². The monoisotopic (exact) mass is 519 g/mol. The molecule has 3 aromatic rings. The summed E-state index contributed by atoms with van der Waals surface area (Å²) in [5.41, 5.74) is 2.71. The predicted molar refractivity (Wildman–Crippen MR) is 131 cm³/mol. The molecule has 4 atom stereocenters. The molecule has 2 aliphatic rings. The molecule has 1 aliphatic heterocycles.